The van der Waals surface area contributed by atoms with Crippen molar-refractivity contribution in [1.29, 1.82) is 0 Å². The largest absolute Gasteiger partial charge is 0.494 e. The Bertz CT molecular complexity index is 921. The van der Waals surface area contributed by atoms with Crippen LogP contribution in [0.25, 0.3) is 0 Å². The lowest BCUT2D eigenvalue weighted by Crippen LogP contribution is -2.38. The van der Waals surface area contributed by atoms with Gasteiger partial charge in [-0.3, -0.25) is 9.79 Å². The van der Waals surface area contributed by atoms with Gasteiger partial charge in [0, 0.05) is 21.9 Å². The number of aliphatic imine (C=N–C) groups is 1. The maximum atomic E-state index is 14.4. The highest BCUT2D eigenvalue weighted by Gasteiger charge is 2.33. The molecule has 0 spiro atoms. The Kier molecular flexibility index (Phi) is 5.43. The molecule has 1 aromatic heterocycles. The summed E-state index contributed by atoms with van der Waals surface area (Å²) < 4.78 is 25.7. The Morgan fingerprint density at radius 1 is 1.44 bits per heavy atom. The summed E-state index contributed by atoms with van der Waals surface area (Å²) in [6.07, 6.45) is 1.49. The van der Waals surface area contributed by atoms with Crippen LogP contribution in [0.1, 0.15) is 23.0 Å². The maximum Gasteiger partial charge on any atom is 0.278 e. The fourth-order valence-corrected chi connectivity index (χ4v) is 3.14. The quantitative estimate of drug-likeness (QED) is 0.767. The van der Waals surface area contributed by atoms with Gasteiger partial charge in [-0.15, -0.1) is 0 Å². The lowest BCUT2D eigenvalue weighted by atomic mass is 9.92. The molecule has 2 heterocycles. The van der Waals surface area contributed by atoms with Gasteiger partial charge in [-0.2, -0.15) is 0 Å². The number of rotatable bonds is 4. The molecular formula is C18H18BrFN4O3. The zero-order valence-electron chi connectivity index (χ0n) is 14.8. The van der Waals surface area contributed by atoms with Crippen molar-refractivity contribution in [3.63, 3.8) is 0 Å². The molecule has 0 bridgehead atoms. The Morgan fingerprint density at radius 3 is 2.93 bits per heavy atom. The van der Waals surface area contributed by atoms with E-state index in [1.165, 1.54) is 31.5 Å². The van der Waals surface area contributed by atoms with E-state index >= 15 is 0 Å². The van der Waals surface area contributed by atoms with E-state index < -0.39 is 17.3 Å². The molecule has 1 aliphatic rings. The van der Waals surface area contributed by atoms with E-state index in [1.807, 2.05) is 0 Å². The van der Waals surface area contributed by atoms with Crippen molar-refractivity contribution in [2.75, 3.05) is 25.6 Å². The molecule has 1 amide bonds. The number of ether oxygens (including phenoxy) is 2. The molecule has 0 saturated carbocycles. The second-order valence-corrected chi connectivity index (χ2v) is 7.14. The Labute approximate surface area is 163 Å². The van der Waals surface area contributed by atoms with E-state index in [-0.39, 0.29) is 24.5 Å². The normalized spacial score (nSPS) is 19.3. The number of anilines is 1. The average Bonchev–Trinajstić information content (AvgIpc) is 2.62. The topological polar surface area (TPSA) is 98.8 Å². The number of carbonyl (C=O) groups excluding carboxylic acids is 1. The standard InChI is InChI=1S/C18H18BrFN4O3/c1-18(9-27-8-15(21)24-18)12-6-11(3-4-13(12)20)23-17(25)16-14(26-2)5-10(19)7-22-16/h3-7H,8-9H2,1-2H3,(H2,21,24)(H,23,25)/t18-/m0/s1. The average molecular weight is 437 g/mol. The number of hydrogen-bond donors (Lipinski definition) is 2. The zero-order chi connectivity index (χ0) is 19.6. The van der Waals surface area contributed by atoms with E-state index in [1.54, 1.807) is 13.0 Å². The summed E-state index contributed by atoms with van der Waals surface area (Å²) in [5.41, 5.74) is 5.55. The number of nitrogens with two attached hydrogens (primary N) is 1. The maximum absolute atomic E-state index is 14.4. The van der Waals surface area contributed by atoms with Gasteiger partial charge in [0.2, 0.25) is 0 Å². The Balaban J connectivity index is 1.91. The van der Waals surface area contributed by atoms with Gasteiger partial charge in [0.15, 0.2) is 11.4 Å². The van der Waals surface area contributed by atoms with Crippen molar-refractivity contribution in [3.8, 4) is 5.75 Å². The Hall–Kier alpha value is -2.52. The summed E-state index contributed by atoms with van der Waals surface area (Å²) in [5, 5.41) is 2.70. The molecule has 1 atom stereocenters. The van der Waals surface area contributed by atoms with Crippen LogP contribution in [0.4, 0.5) is 10.1 Å². The monoisotopic (exact) mass is 436 g/mol. The first kappa shape index (κ1) is 19.2. The number of amides is 1. The van der Waals surface area contributed by atoms with Gasteiger partial charge in [-0.1, -0.05) is 0 Å². The first-order valence-corrected chi connectivity index (χ1v) is 8.84. The number of halogens is 2. The molecule has 0 fully saturated rings. The van der Waals surface area contributed by atoms with E-state index in [0.29, 0.717) is 21.7 Å². The van der Waals surface area contributed by atoms with Crippen molar-refractivity contribution >= 4 is 33.4 Å². The first-order valence-electron chi connectivity index (χ1n) is 8.05. The Morgan fingerprint density at radius 2 is 2.22 bits per heavy atom. The third-order valence-electron chi connectivity index (χ3n) is 4.08. The van der Waals surface area contributed by atoms with E-state index in [0.717, 1.165) is 0 Å². The lowest BCUT2D eigenvalue weighted by Gasteiger charge is -2.30. The molecule has 3 rings (SSSR count). The van der Waals surface area contributed by atoms with Crippen molar-refractivity contribution < 1.29 is 18.7 Å². The van der Waals surface area contributed by atoms with Gasteiger partial charge >= 0.3 is 0 Å². The highest BCUT2D eigenvalue weighted by Crippen LogP contribution is 2.32. The highest BCUT2D eigenvalue weighted by molar-refractivity contribution is 9.10. The van der Waals surface area contributed by atoms with Crippen molar-refractivity contribution in [3.05, 3.63) is 52.0 Å². The zero-order valence-corrected chi connectivity index (χ0v) is 16.3. The predicted molar refractivity (Wildman–Crippen MR) is 103 cm³/mol. The molecule has 1 aliphatic heterocycles. The summed E-state index contributed by atoms with van der Waals surface area (Å²) >= 11 is 3.28. The third-order valence-corrected chi connectivity index (χ3v) is 4.52. The van der Waals surface area contributed by atoms with Gasteiger partial charge in [0.25, 0.3) is 5.91 Å². The first-order chi connectivity index (χ1) is 12.8. The minimum absolute atomic E-state index is 0.112. The second kappa shape index (κ2) is 7.61. The summed E-state index contributed by atoms with van der Waals surface area (Å²) in [6.45, 7) is 2.12. The van der Waals surface area contributed by atoms with Crippen LogP contribution in [0.3, 0.4) is 0 Å². The number of carbonyl (C=O) groups is 1. The molecule has 0 saturated heterocycles. The fraction of sp³-hybridized carbons (Fsp3) is 0.278. The molecule has 0 radical (unpaired) electrons. The summed E-state index contributed by atoms with van der Waals surface area (Å²) in [7, 11) is 1.45. The number of hydrogen-bond acceptors (Lipinski definition) is 6. The minimum atomic E-state index is -0.972. The molecule has 2 aromatic rings. The van der Waals surface area contributed by atoms with Gasteiger partial charge < -0.3 is 20.5 Å². The van der Waals surface area contributed by atoms with Gasteiger partial charge in [-0.25, -0.2) is 9.37 Å². The number of aromatic nitrogens is 1. The van der Waals surface area contributed by atoms with Crippen LogP contribution < -0.4 is 15.8 Å². The second-order valence-electron chi connectivity index (χ2n) is 6.22. The van der Waals surface area contributed by atoms with Crippen LogP contribution in [0.5, 0.6) is 5.75 Å². The lowest BCUT2D eigenvalue weighted by molar-refractivity contribution is 0.101. The smallest absolute Gasteiger partial charge is 0.278 e. The number of pyridine rings is 1. The number of nitrogens with one attached hydrogen (secondary N) is 1. The molecule has 0 aliphatic carbocycles. The summed E-state index contributed by atoms with van der Waals surface area (Å²) in [6, 6.07) is 5.88. The molecule has 0 unspecified atom stereocenters. The van der Waals surface area contributed by atoms with Crippen LogP contribution in [0, 0.1) is 5.82 Å². The minimum Gasteiger partial charge on any atom is -0.494 e. The highest BCUT2D eigenvalue weighted by atomic mass is 79.9. The molecule has 7 nitrogen and oxygen atoms in total. The number of methoxy groups -OCH3 is 1. The van der Waals surface area contributed by atoms with Crippen molar-refractivity contribution in [2.45, 2.75) is 12.5 Å². The van der Waals surface area contributed by atoms with Crippen LogP contribution in [0.15, 0.2) is 39.9 Å². The SMILES string of the molecule is COc1cc(Br)cnc1C(=O)Nc1ccc(F)c([C@]2(C)COCC(N)=N2)c1. The van der Waals surface area contributed by atoms with E-state index in [9.17, 15) is 9.18 Å². The number of benzene rings is 1. The van der Waals surface area contributed by atoms with Gasteiger partial charge in [0.05, 0.1) is 13.7 Å². The van der Waals surface area contributed by atoms with Crippen molar-refractivity contribution in [1.82, 2.24) is 4.98 Å². The molecular weight excluding hydrogens is 419 g/mol. The molecule has 27 heavy (non-hydrogen) atoms. The van der Waals surface area contributed by atoms with Crippen LogP contribution in [-0.2, 0) is 10.3 Å². The number of nitrogens with zero attached hydrogens (tertiary/aromatic N) is 2. The van der Waals surface area contributed by atoms with Crippen LogP contribution in [0.2, 0.25) is 0 Å². The molecule has 9 heteroatoms. The fourth-order valence-electron chi connectivity index (χ4n) is 2.83. The molecule has 1 aromatic carbocycles. The predicted octanol–water partition coefficient (Wildman–Crippen LogP) is 2.85. The van der Waals surface area contributed by atoms with Gasteiger partial charge in [0.1, 0.15) is 23.8 Å². The summed E-state index contributed by atoms with van der Waals surface area (Å²) in [4.78, 5) is 21.0. The number of amidine groups is 1. The third kappa shape index (κ3) is 4.09. The summed E-state index contributed by atoms with van der Waals surface area (Å²) in [5.74, 6) is -0.336. The van der Waals surface area contributed by atoms with Crippen molar-refractivity contribution in [2.24, 2.45) is 10.7 Å². The van der Waals surface area contributed by atoms with Gasteiger partial charge in [-0.05, 0) is 47.1 Å². The van der Waals surface area contributed by atoms with E-state index in [2.05, 4.69) is 31.2 Å². The molecule has 3 N–H and O–H groups in total. The van der Waals surface area contributed by atoms with E-state index in [4.69, 9.17) is 15.2 Å². The molecule has 142 valence electrons. The van der Waals surface area contributed by atoms with Crippen LogP contribution >= 0.6 is 15.9 Å². The van der Waals surface area contributed by atoms with Crippen LogP contribution in [-0.4, -0.2) is 37.1 Å².